The Labute approximate surface area is 158 Å². The molecule has 1 aliphatic heterocycles. The molecule has 0 bridgehead atoms. The number of hydrogen-bond donors (Lipinski definition) is 2. The molecule has 27 heavy (non-hydrogen) atoms. The van der Waals surface area contributed by atoms with Crippen LogP contribution in [0.5, 0.6) is 11.5 Å². The van der Waals surface area contributed by atoms with E-state index in [1.165, 1.54) is 0 Å². The zero-order chi connectivity index (χ0) is 18.6. The average Bonchev–Trinajstić information content (AvgIpc) is 3.30. The van der Waals surface area contributed by atoms with Gasteiger partial charge in [-0.05, 0) is 30.2 Å². The van der Waals surface area contributed by atoms with Crippen LogP contribution in [0.1, 0.15) is 18.1 Å². The number of aromatic nitrogens is 2. The second kappa shape index (κ2) is 7.82. The van der Waals surface area contributed by atoms with E-state index in [4.69, 9.17) is 9.47 Å². The summed E-state index contributed by atoms with van der Waals surface area (Å²) in [5, 5.41) is 17.3. The standard InChI is InChI=1S/C21H23N3O3/c1-15(25)11-24(12-16-7-8-19-20(9-16)27-14-26-19)13-18-10-22-23-21(18)17-5-3-2-4-6-17/h2-10,15,25H,11-14H2,1H3,(H,22,23)/t15-/m1/s1. The molecular formula is C21H23N3O3. The predicted molar refractivity (Wildman–Crippen MR) is 102 cm³/mol. The molecule has 3 aromatic rings. The minimum Gasteiger partial charge on any atom is -0.454 e. The van der Waals surface area contributed by atoms with Gasteiger partial charge in [0.1, 0.15) is 0 Å². The fourth-order valence-electron chi connectivity index (χ4n) is 3.38. The maximum Gasteiger partial charge on any atom is 0.231 e. The SMILES string of the molecule is C[C@@H](O)CN(Cc1ccc2c(c1)OCO2)Cc1cn[nH]c1-c1ccccc1. The highest BCUT2D eigenvalue weighted by molar-refractivity contribution is 5.62. The number of aliphatic hydroxyl groups is 1. The highest BCUT2D eigenvalue weighted by Gasteiger charge is 2.17. The van der Waals surface area contributed by atoms with E-state index >= 15 is 0 Å². The highest BCUT2D eigenvalue weighted by Crippen LogP contribution is 2.33. The van der Waals surface area contributed by atoms with Gasteiger partial charge in [0.15, 0.2) is 11.5 Å². The Kier molecular flexibility index (Phi) is 5.09. The van der Waals surface area contributed by atoms with Crippen molar-refractivity contribution in [2.45, 2.75) is 26.1 Å². The molecule has 2 aromatic carbocycles. The first-order valence-electron chi connectivity index (χ1n) is 9.05. The molecule has 1 aliphatic rings. The summed E-state index contributed by atoms with van der Waals surface area (Å²) in [5.74, 6) is 1.56. The summed E-state index contributed by atoms with van der Waals surface area (Å²) in [6, 6.07) is 16.1. The summed E-state index contributed by atoms with van der Waals surface area (Å²) in [5.41, 5.74) is 4.33. The number of benzene rings is 2. The van der Waals surface area contributed by atoms with Crippen molar-refractivity contribution in [2.24, 2.45) is 0 Å². The molecule has 0 saturated carbocycles. The van der Waals surface area contributed by atoms with Gasteiger partial charge in [-0.15, -0.1) is 0 Å². The van der Waals surface area contributed by atoms with E-state index in [1.54, 1.807) is 6.92 Å². The van der Waals surface area contributed by atoms with Crippen LogP contribution in [0.25, 0.3) is 11.3 Å². The van der Waals surface area contributed by atoms with Crippen LogP contribution >= 0.6 is 0 Å². The van der Waals surface area contributed by atoms with Crippen molar-refractivity contribution < 1.29 is 14.6 Å². The molecule has 6 heteroatoms. The number of aromatic amines is 1. The van der Waals surface area contributed by atoms with Gasteiger partial charge in [0, 0.05) is 25.2 Å². The average molecular weight is 365 g/mol. The van der Waals surface area contributed by atoms with Crippen LogP contribution in [0.3, 0.4) is 0 Å². The molecule has 0 spiro atoms. The lowest BCUT2D eigenvalue weighted by Crippen LogP contribution is -2.30. The summed E-state index contributed by atoms with van der Waals surface area (Å²) in [6.07, 6.45) is 1.43. The number of nitrogens with zero attached hydrogens (tertiary/aromatic N) is 2. The third kappa shape index (κ3) is 4.13. The van der Waals surface area contributed by atoms with Gasteiger partial charge in [0.2, 0.25) is 6.79 Å². The third-order valence-electron chi connectivity index (χ3n) is 4.54. The second-order valence-electron chi connectivity index (χ2n) is 6.84. The van der Waals surface area contributed by atoms with Crippen molar-refractivity contribution in [2.75, 3.05) is 13.3 Å². The van der Waals surface area contributed by atoms with Gasteiger partial charge in [0.25, 0.3) is 0 Å². The van der Waals surface area contributed by atoms with Crippen LogP contribution in [0.4, 0.5) is 0 Å². The molecule has 4 rings (SSSR count). The van der Waals surface area contributed by atoms with E-state index in [0.29, 0.717) is 19.6 Å². The summed E-state index contributed by atoms with van der Waals surface area (Å²) in [4.78, 5) is 2.21. The lowest BCUT2D eigenvalue weighted by Gasteiger charge is -2.24. The molecule has 6 nitrogen and oxygen atoms in total. The molecule has 0 aliphatic carbocycles. The van der Waals surface area contributed by atoms with E-state index in [1.807, 2.05) is 42.6 Å². The third-order valence-corrected chi connectivity index (χ3v) is 4.54. The fourth-order valence-corrected chi connectivity index (χ4v) is 3.38. The molecule has 2 heterocycles. The molecule has 140 valence electrons. The molecule has 0 radical (unpaired) electrons. The molecule has 1 atom stereocenters. The van der Waals surface area contributed by atoms with Crippen LogP contribution in [-0.2, 0) is 13.1 Å². The van der Waals surface area contributed by atoms with E-state index in [2.05, 4.69) is 27.2 Å². The lowest BCUT2D eigenvalue weighted by molar-refractivity contribution is 0.118. The first-order valence-corrected chi connectivity index (χ1v) is 9.05. The number of hydrogen-bond acceptors (Lipinski definition) is 5. The van der Waals surface area contributed by atoms with E-state index in [-0.39, 0.29) is 6.79 Å². The van der Waals surface area contributed by atoms with Crippen LogP contribution in [0.15, 0.2) is 54.7 Å². The predicted octanol–water partition coefficient (Wildman–Crippen LogP) is 3.19. The Balaban J connectivity index is 1.54. The van der Waals surface area contributed by atoms with Crippen LogP contribution in [-0.4, -0.2) is 39.6 Å². The molecule has 1 aromatic heterocycles. The summed E-state index contributed by atoms with van der Waals surface area (Å²) in [6.45, 7) is 4.01. The van der Waals surface area contributed by atoms with Gasteiger partial charge in [-0.1, -0.05) is 36.4 Å². The zero-order valence-corrected chi connectivity index (χ0v) is 15.3. The Morgan fingerprint density at radius 2 is 1.93 bits per heavy atom. The summed E-state index contributed by atoms with van der Waals surface area (Å²) < 4.78 is 10.9. The number of ether oxygens (including phenoxy) is 2. The van der Waals surface area contributed by atoms with E-state index < -0.39 is 6.10 Å². The molecule has 0 amide bonds. The van der Waals surface area contributed by atoms with Gasteiger partial charge in [-0.2, -0.15) is 5.10 Å². The van der Waals surface area contributed by atoms with Gasteiger partial charge in [-0.25, -0.2) is 0 Å². The van der Waals surface area contributed by atoms with Crippen LogP contribution in [0.2, 0.25) is 0 Å². The van der Waals surface area contributed by atoms with Gasteiger partial charge < -0.3 is 14.6 Å². The van der Waals surface area contributed by atoms with Crippen LogP contribution in [0, 0.1) is 0 Å². The number of nitrogens with one attached hydrogen (secondary N) is 1. The first-order chi connectivity index (χ1) is 13.2. The number of H-pyrrole nitrogens is 1. The van der Waals surface area contributed by atoms with E-state index in [9.17, 15) is 5.11 Å². The van der Waals surface area contributed by atoms with Crippen molar-refractivity contribution in [3.05, 3.63) is 65.9 Å². The van der Waals surface area contributed by atoms with Crippen molar-refractivity contribution in [3.8, 4) is 22.8 Å². The molecule has 0 unspecified atom stereocenters. The van der Waals surface area contributed by atoms with Crippen molar-refractivity contribution in [1.82, 2.24) is 15.1 Å². The maximum atomic E-state index is 9.96. The molecule has 2 N–H and O–H groups in total. The van der Waals surface area contributed by atoms with Crippen molar-refractivity contribution in [1.29, 1.82) is 0 Å². The molecule has 0 fully saturated rings. The van der Waals surface area contributed by atoms with Crippen LogP contribution < -0.4 is 9.47 Å². The van der Waals surface area contributed by atoms with Gasteiger partial charge in [-0.3, -0.25) is 10.00 Å². The monoisotopic (exact) mass is 365 g/mol. The van der Waals surface area contributed by atoms with Crippen molar-refractivity contribution >= 4 is 0 Å². The number of rotatable bonds is 7. The Morgan fingerprint density at radius 1 is 1.11 bits per heavy atom. The molecular weight excluding hydrogens is 342 g/mol. The number of aliphatic hydroxyl groups excluding tert-OH is 1. The molecule has 0 saturated heterocycles. The first kappa shape index (κ1) is 17.6. The minimum atomic E-state index is -0.425. The number of fused-ring (bicyclic) bond motifs is 1. The zero-order valence-electron chi connectivity index (χ0n) is 15.3. The lowest BCUT2D eigenvalue weighted by atomic mass is 10.1. The minimum absolute atomic E-state index is 0.269. The summed E-state index contributed by atoms with van der Waals surface area (Å²) >= 11 is 0. The largest absolute Gasteiger partial charge is 0.454 e. The van der Waals surface area contributed by atoms with Crippen molar-refractivity contribution in [3.63, 3.8) is 0 Å². The smallest absolute Gasteiger partial charge is 0.231 e. The fraction of sp³-hybridized carbons (Fsp3) is 0.286. The van der Waals surface area contributed by atoms with Gasteiger partial charge in [0.05, 0.1) is 18.0 Å². The Bertz CT molecular complexity index is 893. The Hall–Kier alpha value is -2.83. The maximum absolute atomic E-state index is 9.96. The van der Waals surface area contributed by atoms with E-state index in [0.717, 1.165) is 33.9 Å². The Morgan fingerprint density at radius 3 is 2.74 bits per heavy atom. The highest BCUT2D eigenvalue weighted by atomic mass is 16.7. The van der Waals surface area contributed by atoms with Gasteiger partial charge >= 0.3 is 0 Å². The second-order valence-corrected chi connectivity index (χ2v) is 6.84. The normalized spacial score (nSPS) is 13.9. The topological polar surface area (TPSA) is 70.6 Å². The summed E-state index contributed by atoms with van der Waals surface area (Å²) in [7, 11) is 0. The quantitative estimate of drug-likeness (QED) is 0.673.